The van der Waals surface area contributed by atoms with Crippen molar-refractivity contribution in [3.05, 3.63) is 34.1 Å². The number of rotatable bonds is 4. The molecule has 1 unspecified atom stereocenters. The first-order chi connectivity index (χ1) is 7.24. The van der Waals surface area contributed by atoms with Gasteiger partial charge < -0.3 is 10.3 Å². The van der Waals surface area contributed by atoms with Crippen LogP contribution in [-0.2, 0) is 12.8 Å². The maximum atomic E-state index is 5.65. The van der Waals surface area contributed by atoms with Crippen LogP contribution >= 0.6 is 11.3 Å². The van der Waals surface area contributed by atoms with Gasteiger partial charge in [0.2, 0.25) is 5.89 Å². The molecule has 0 aromatic carbocycles. The lowest BCUT2D eigenvalue weighted by molar-refractivity contribution is 0.379. The van der Waals surface area contributed by atoms with Gasteiger partial charge in [0.05, 0.1) is 6.42 Å². The Morgan fingerprint density at radius 3 is 3.13 bits per heavy atom. The van der Waals surface area contributed by atoms with Gasteiger partial charge in [0, 0.05) is 17.3 Å². The molecule has 2 aromatic heterocycles. The van der Waals surface area contributed by atoms with Crippen LogP contribution in [0.3, 0.4) is 0 Å². The standard InChI is InChI=1S/C10H13N3OS/c1-7(11)5-9-12-10(14-13-9)6-8-3-2-4-15-8/h2-4,7H,5-6,11H2,1H3. The number of thiophene rings is 1. The van der Waals surface area contributed by atoms with Crippen molar-refractivity contribution in [1.29, 1.82) is 0 Å². The molecule has 4 nitrogen and oxygen atoms in total. The van der Waals surface area contributed by atoms with Crippen LogP contribution in [0.5, 0.6) is 0 Å². The third-order valence-electron chi connectivity index (χ3n) is 1.92. The molecule has 0 aliphatic heterocycles. The van der Waals surface area contributed by atoms with E-state index in [1.807, 2.05) is 18.4 Å². The fraction of sp³-hybridized carbons (Fsp3) is 0.400. The number of aromatic nitrogens is 2. The van der Waals surface area contributed by atoms with E-state index >= 15 is 0 Å². The molecular formula is C10H13N3OS. The minimum absolute atomic E-state index is 0.0668. The summed E-state index contributed by atoms with van der Waals surface area (Å²) in [5.41, 5.74) is 5.65. The zero-order valence-electron chi connectivity index (χ0n) is 8.51. The Hall–Kier alpha value is -1.20. The van der Waals surface area contributed by atoms with E-state index in [0.717, 1.165) is 0 Å². The van der Waals surface area contributed by atoms with E-state index in [-0.39, 0.29) is 6.04 Å². The monoisotopic (exact) mass is 223 g/mol. The third-order valence-corrected chi connectivity index (χ3v) is 2.80. The first kappa shape index (κ1) is 10.3. The zero-order valence-corrected chi connectivity index (χ0v) is 9.33. The van der Waals surface area contributed by atoms with E-state index in [2.05, 4.69) is 16.2 Å². The van der Waals surface area contributed by atoms with Crippen LogP contribution in [0.25, 0.3) is 0 Å². The molecule has 0 bridgehead atoms. The van der Waals surface area contributed by atoms with Crippen molar-refractivity contribution in [3.63, 3.8) is 0 Å². The van der Waals surface area contributed by atoms with E-state index in [4.69, 9.17) is 10.3 Å². The Bertz CT molecular complexity index is 408. The normalized spacial score (nSPS) is 12.9. The number of hydrogen-bond acceptors (Lipinski definition) is 5. The minimum Gasteiger partial charge on any atom is -0.339 e. The highest BCUT2D eigenvalue weighted by Gasteiger charge is 2.08. The van der Waals surface area contributed by atoms with Crippen LogP contribution in [0.2, 0.25) is 0 Å². The summed E-state index contributed by atoms with van der Waals surface area (Å²) >= 11 is 1.69. The molecule has 0 spiro atoms. The van der Waals surface area contributed by atoms with Crippen molar-refractivity contribution in [2.45, 2.75) is 25.8 Å². The molecule has 1 atom stereocenters. The molecular weight excluding hydrogens is 210 g/mol. The van der Waals surface area contributed by atoms with Gasteiger partial charge in [-0.15, -0.1) is 11.3 Å². The Labute approximate surface area is 92.1 Å². The van der Waals surface area contributed by atoms with Gasteiger partial charge in [-0.25, -0.2) is 0 Å². The quantitative estimate of drug-likeness (QED) is 0.855. The SMILES string of the molecule is CC(N)Cc1noc(Cc2cccs2)n1. The smallest absolute Gasteiger partial charge is 0.231 e. The van der Waals surface area contributed by atoms with Gasteiger partial charge in [-0.2, -0.15) is 4.98 Å². The maximum absolute atomic E-state index is 5.65. The summed E-state index contributed by atoms with van der Waals surface area (Å²) in [5.74, 6) is 1.35. The fourth-order valence-corrected chi connectivity index (χ4v) is 1.99. The van der Waals surface area contributed by atoms with Gasteiger partial charge in [-0.1, -0.05) is 11.2 Å². The summed E-state index contributed by atoms with van der Waals surface area (Å²) in [6.07, 6.45) is 1.37. The average molecular weight is 223 g/mol. The summed E-state index contributed by atoms with van der Waals surface area (Å²) in [6, 6.07) is 4.14. The Balaban J connectivity index is 2.01. The van der Waals surface area contributed by atoms with E-state index in [1.165, 1.54) is 4.88 Å². The summed E-state index contributed by atoms with van der Waals surface area (Å²) in [4.78, 5) is 5.50. The molecule has 2 N–H and O–H groups in total. The van der Waals surface area contributed by atoms with E-state index in [9.17, 15) is 0 Å². The van der Waals surface area contributed by atoms with Crippen LogP contribution < -0.4 is 5.73 Å². The largest absolute Gasteiger partial charge is 0.339 e. The summed E-state index contributed by atoms with van der Waals surface area (Å²) in [6.45, 7) is 1.93. The first-order valence-corrected chi connectivity index (χ1v) is 5.71. The predicted molar refractivity (Wildman–Crippen MR) is 58.8 cm³/mol. The molecule has 2 heterocycles. The summed E-state index contributed by atoms with van der Waals surface area (Å²) in [7, 11) is 0. The van der Waals surface area contributed by atoms with Gasteiger partial charge in [-0.05, 0) is 18.4 Å². The number of nitrogens with two attached hydrogens (primary N) is 1. The first-order valence-electron chi connectivity index (χ1n) is 4.83. The van der Waals surface area contributed by atoms with Crippen molar-refractivity contribution in [3.8, 4) is 0 Å². The van der Waals surface area contributed by atoms with Crippen molar-refractivity contribution in [1.82, 2.24) is 10.1 Å². The molecule has 2 rings (SSSR count). The molecule has 0 fully saturated rings. The summed E-state index contributed by atoms with van der Waals surface area (Å²) < 4.78 is 5.13. The van der Waals surface area contributed by atoms with Crippen molar-refractivity contribution >= 4 is 11.3 Å². The van der Waals surface area contributed by atoms with Gasteiger partial charge in [-0.3, -0.25) is 0 Å². The van der Waals surface area contributed by atoms with Gasteiger partial charge in [0.25, 0.3) is 0 Å². The molecule has 2 aromatic rings. The average Bonchev–Trinajstić information content (AvgIpc) is 2.77. The lowest BCUT2D eigenvalue weighted by Crippen LogP contribution is -2.18. The highest BCUT2D eigenvalue weighted by atomic mass is 32.1. The molecule has 0 saturated carbocycles. The Morgan fingerprint density at radius 1 is 1.60 bits per heavy atom. The molecule has 0 radical (unpaired) electrons. The molecule has 0 saturated heterocycles. The number of nitrogens with zero attached hydrogens (tertiary/aromatic N) is 2. The predicted octanol–water partition coefficient (Wildman–Crippen LogP) is 1.61. The van der Waals surface area contributed by atoms with Crippen molar-refractivity contribution < 1.29 is 4.52 Å². The maximum Gasteiger partial charge on any atom is 0.231 e. The van der Waals surface area contributed by atoms with Crippen molar-refractivity contribution in [2.75, 3.05) is 0 Å². The topological polar surface area (TPSA) is 64.9 Å². The molecule has 0 aliphatic carbocycles. The second-order valence-corrected chi connectivity index (χ2v) is 4.57. The summed E-state index contributed by atoms with van der Waals surface area (Å²) in [5, 5.41) is 5.91. The van der Waals surface area contributed by atoms with E-state index in [0.29, 0.717) is 24.6 Å². The molecule has 15 heavy (non-hydrogen) atoms. The minimum atomic E-state index is 0.0668. The highest BCUT2D eigenvalue weighted by molar-refractivity contribution is 7.09. The van der Waals surface area contributed by atoms with Crippen molar-refractivity contribution in [2.24, 2.45) is 5.73 Å². The van der Waals surface area contributed by atoms with Crippen LogP contribution in [0.4, 0.5) is 0 Å². The van der Waals surface area contributed by atoms with Gasteiger partial charge in [0.1, 0.15) is 0 Å². The van der Waals surface area contributed by atoms with Gasteiger partial charge >= 0.3 is 0 Å². The lowest BCUT2D eigenvalue weighted by atomic mass is 10.2. The Kier molecular flexibility index (Phi) is 3.13. The van der Waals surface area contributed by atoms with Crippen LogP contribution in [0.15, 0.2) is 22.0 Å². The molecule has 5 heteroatoms. The van der Waals surface area contributed by atoms with E-state index < -0.39 is 0 Å². The van der Waals surface area contributed by atoms with Crippen LogP contribution in [0, 0.1) is 0 Å². The number of hydrogen-bond donors (Lipinski definition) is 1. The van der Waals surface area contributed by atoms with Crippen LogP contribution in [0.1, 0.15) is 23.5 Å². The molecule has 0 amide bonds. The zero-order chi connectivity index (χ0) is 10.7. The second kappa shape index (κ2) is 4.55. The molecule has 80 valence electrons. The van der Waals surface area contributed by atoms with Gasteiger partial charge in [0.15, 0.2) is 5.82 Å². The molecule has 0 aliphatic rings. The third kappa shape index (κ3) is 2.87. The van der Waals surface area contributed by atoms with Crippen LogP contribution in [-0.4, -0.2) is 16.2 Å². The highest BCUT2D eigenvalue weighted by Crippen LogP contribution is 2.13. The second-order valence-electron chi connectivity index (χ2n) is 3.54. The fourth-order valence-electron chi connectivity index (χ4n) is 1.30. The van der Waals surface area contributed by atoms with E-state index in [1.54, 1.807) is 11.3 Å². The Morgan fingerprint density at radius 2 is 2.47 bits per heavy atom. The lowest BCUT2D eigenvalue weighted by Gasteiger charge is -1.96.